The average Bonchev–Trinajstić information content (AvgIpc) is 3.47. The van der Waals surface area contributed by atoms with E-state index in [1.807, 2.05) is 53.2 Å². The summed E-state index contributed by atoms with van der Waals surface area (Å²) in [6.45, 7) is 0. The van der Waals surface area contributed by atoms with Crippen LogP contribution in [0.2, 0.25) is 0 Å². The SMILES string of the molecule is COc1ccc2nccc(-n3cc4c(n3)CCC(NC(=O)c3nc5ccccc5[nH]3)C4)c2c1. The van der Waals surface area contributed by atoms with Gasteiger partial charge in [-0.15, -0.1) is 0 Å². The molecule has 3 aromatic heterocycles. The fourth-order valence-electron chi connectivity index (χ4n) is 4.50. The Labute approximate surface area is 189 Å². The highest BCUT2D eigenvalue weighted by molar-refractivity contribution is 5.94. The second-order valence-corrected chi connectivity index (χ2v) is 8.27. The lowest BCUT2D eigenvalue weighted by molar-refractivity contribution is 0.0924. The fraction of sp³-hybridized carbons (Fsp3) is 0.200. The van der Waals surface area contributed by atoms with Crippen LogP contribution in [0.1, 0.15) is 28.3 Å². The van der Waals surface area contributed by atoms with E-state index in [1.54, 1.807) is 13.3 Å². The molecule has 2 N–H and O–H groups in total. The molecule has 0 spiro atoms. The minimum atomic E-state index is -0.181. The maximum Gasteiger partial charge on any atom is 0.287 e. The molecular formula is C25H22N6O2. The molecule has 0 aliphatic heterocycles. The van der Waals surface area contributed by atoms with Crippen LogP contribution in [0.25, 0.3) is 27.6 Å². The molecule has 1 atom stereocenters. The molecule has 5 aromatic rings. The number of hydrogen-bond acceptors (Lipinski definition) is 5. The van der Waals surface area contributed by atoms with Crippen LogP contribution < -0.4 is 10.1 Å². The number of nitrogens with one attached hydrogen (secondary N) is 2. The van der Waals surface area contributed by atoms with Crippen molar-refractivity contribution in [1.29, 1.82) is 0 Å². The number of aromatic amines is 1. The topological polar surface area (TPSA) is 97.7 Å². The maximum absolute atomic E-state index is 12.8. The fourth-order valence-corrected chi connectivity index (χ4v) is 4.50. The molecule has 8 heteroatoms. The van der Waals surface area contributed by atoms with E-state index in [0.29, 0.717) is 5.82 Å². The maximum atomic E-state index is 12.8. The number of para-hydroxylation sites is 2. The van der Waals surface area contributed by atoms with Crippen LogP contribution in [0, 0.1) is 0 Å². The molecule has 1 unspecified atom stereocenters. The van der Waals surface area contributed by atoms with Gasteiger partial charge in [-0.05, 0) is 61.2 Å². The van der Waals surface area contributed by atoms with Gasteiger partial charge in [0.2, 0.25) is 0 Å². The Bertz CT molecular complexity index is 1470. The lowest BCUT2D eigenvalue weighted by atomic mass is 9.93. The van der Waals surface area contributed by atoms with Crippen molar-refractivity contribution < 1.29 is 9.53 Å². The number of carbonyl (C=O) groups is 1. The van der Waals surface area contributed by atoms with Crippen molar-refractivity contribution in [1.82, 2.24) is 30.0 Å². The van der Waals surface area contributed by atoms with E-state index in [9.17, 15) is 4.79 Å². The van der Waals surface area contributed by atoms with Crippen LogP contribution in [0.5, 0.6) is 5.75 Å². The highest BCUT2D eigenvalue weighted by Crippen LogP contribution is 2.27. The second kappa shape index (κ2) is 7.74. The molecule has 2 aromatic carbocycles. The molecule has 0 fully saturated rings. The van der Waals surface area contributed by atoms with Gasteiger partial charge >= 0.3 is 0 Å². The largest absolute Gasteiger partial charge is 0.497 e. The molecular weight excluding hydrogens is 416 g/mol. The normalized spacial score (nSPS) is 15.5. The lowest BCUT2D eigenvalue weighted by Gasteiger charge is -2.21. The van der Waals surface area contributed by atoms with Crippen LogP contribution in [-0.4, -0.2) is 43.8 Å². The first-order valence-electron chi connectivity index (χ1n) is 10.9. The van der Waals surface area contributed by atoms with E-state index in [2.05, 4.69) is 26.5 Å². The minimum Gasteiger partial charge on any atom is -0.497 e. The van der Waals surface area contributed by atoms with E-state index in [0.717, 1.165) is 63.9 Å². The summed E-state index contributed by atoms with van der Waals surface area (Å²) in [6.07, 6.45) is 6.22. The predicted molar refractivity (Wildman–Crippen MR) is 125 cm³/mol. The number of hydrogen-bond donors (Lipinski definition) is 2. The number of fused-ring (bicyclic) bond motifs is 3. The Morgan fingerprint density at radius 3 is 2.97 bits per heavy atom. The lowest BCUT2D eigenvalue weighted by Crippen LogP contribution is -2.39. The number of nitrogens with zero attached hydrogens (tertiary/aromatic N) is 4. The van der Waals surface area contributed by atoms with Gasteiger partial charge in [-0.2, -0.15) is 5.10 Å². The van der Waals surface area contributed by atoms with Crippen molar-refractivity contribution in [3.63, 3.8) is 0 Å². The zero-order valence-electron chi connectivity index (χ0n) is 18.1. The van der Waals surface area contributed by atoms with Crippen LogP contribution in [0.4, 0.5) is 0 Å². The number of pyridine rings is 1. The zero-order chi connectivity index (χ0) is 22.4. The third kappa shape index (κ3) is 3.49. The molecule has 1 amide bonds. The molecule has 0 saturated heterocycles. The van der Waals surface area contributed by atoms with Gasteiger partial charge < -0.3 is 15.0 Å². The summed E-state index contributed by atoms with van der Waals surface area (Å²) in [5.74, 6) is 0.941. The monoisotopic (exact) mass is 438 g/mol. The molecule has 0 saturated carbocycles. The van der Waals surface area contributed by atoms with Gasteiger partial charge in [0.05, 0.1) is 35.0 Å². The zero-order valence-corrected chi connectivity index (χ0v) is 18.1. The first-order chi connectivity index (χ1) is 16.2. The number of carbonyl (C=O) groups excluding carboxylic acids is 1. The van der Waals surface area contributed by atoms with Crippen molar-refractivity contribution in [2.24, 2.45) is 0 Å². The van der Waals surface area contributed by atoms with Crippen molar-refractivity contribution in [2.45, 2.75) is 25.3 Å². The summed E-state index contributed by atoms with van der Waals surface area (Å²) in [7, 11) is 1.66. The van der Waals surface area contributed by atoms with Crippen LogP contribution in [0.3, 0.4) is 0 Å². The highest BCUT2D eigenvalue weighted by atomic mass is 16.5. The minimum absolute atomic E-state index is 0.0325. The summed E-state index contributed by atoms with van der Waals surface area (Å²) >= 11 is 0. The summed E-state index contributed by atoms with van der Waals surface area (Å²) in [5, 5.41) is 8.96. The molecule has 164 valence electrons. The molecule has 0 bridgehead atoms. The number of ether oxygens (including phenoxy) is 1. The van der Waals surface area contributed by atoms with Gasteiger partial charge in [0.25, 0.3) is 5.91 Å². The van der Waals surface area contributed by atoms with Gasteiger partial charge in [-0.3, -0.25) is 9.78 Å². The first kappa shape index (κ1) is 19.5. The number of methoxy groups -OCH3 is 1. The van der Waals surface area contributed by atoms with E-state index in [1.165, 1.54) is 0 Å². The number of aromatic nitrogens is 5. The number of rotatable bonds is 4. The van der Waals surface area contributed by atoms with Gasteiger partial charge in [0.1, 0.15) is 5.75 Å². The Kier molecular flexibility index (Phi) is 4.57. The molecule has 33 heavy (non-hydrogen) atoms. The van der Waals surface area contributed by atoms with Gasteiger partial charge in [0, 0.05) is 23.8 Å². The van der Waals surface area contributed by atoms with Crippen molar-refractivity contribution >= 4 is 27.8 Å². The van der Waals surface area contributed by atoms with E-state index >= 15 is 0 Å². The van der Waals surface area contributed by atoms with E-state index in [4.69, 9.17) is 9.84 Å². The second-order valence-electron chi connectivity index (χ2n) is 8.27. The molecule has 0 radical (unpaired) electrons. The summed E-state index contributed by atoms with van der Waals surface area (Å²) in [6, 6.07) is 15.5. The first-order valence-corrected chi connectivity index (χ1v) is 10.9. The molecule has 6 rings (SSSR count). The van der Waals surface area contributed by atoms with Crippen LogP contribution in [0.15, 0.2) is 60.9 Å². The Morgan fingerprint density at radius 1 is 1.18 bits per heavy atom. The Morgan fingerprint density at radius 2 is 2.09 bits per heavy atom. The summed E-state index contributed by atoms with van der Waals surface area (Å²) in [5.41, 5.74) is 5.70. The number of aryl methyl sites for hydroxylation is 1. The number of H-pyrrole nitrogens is 1. The third-order valence-electron chi connectivity index (χ3n) is 6.19. The summed E-state index contributed by atoms with van der Waals surface area (Å²) in [4.78, 5) is 24.8. The standard InChI is InChI=1S/C25H22N6O2/c1-33-17-7-9-20-18(13-17)23(10-11-26-20)31-14-15-12-16(6-8-19(15)30-31)27-25(32)24-28-21-4-2-3-5-22(21)29-24/h2-5,7,9-11,13-14,16H,6,8,12H2,1H3,(H,27,32)(H,28,29). The van der Waals surface area contributed by atoms with Crippen LogP contribution in [-0.2, 0) is 12.8 Å². The van der Waals surface area contributed by atoms with Crippen molar-refractivity contribution in [3.05, 3.63) is 78.0 Å². The molecule has 8 nitrogen and oxygen atoms in total. The average molecular weight is 438 g/mol. The number of benzene rings is 2. The quantitative estimate of drug-likeness (QED) is 0.447. The predicted octanol–water partition coefficient (Wildman–Crippen LogP) is 3.59. The van der Waals surface area contributed by atoms with Gasteiger partial charge in [-0.25, -0.2) is 9.67 Å². The van der Waals surface area contributed by atoms with Gasteiger partial charge in [-0.1, -0.05) is 12.1 Å². The van der Waals surface area contributed by atoms with Crippen LogP contribution >= 0.6 is 0 Å². The number of imidazole rings is 1. The van der Waals surface area contributed by atoms with E-state index < -0.39 is 0 Å². The summed E-state index contributed by atoms with van der Waals surface area (Å²) < 4.78 is 7.31. The molecule has 1 aliphatic carbocycles. The van der Waals surface area contributed by atoms with Gasteiger partial charge in [0.15, 0.2) is 5.82 Å². The van der Waals surface area contributed by atoms with Crippen molar-refractivity contribution in [2.75, 3.05) is 7.11 Å². The third-order valence-corrected chi connectivity index (χ3v) is 6.19. The highest BCUT2D eigenvalue weighted by Gasteiger charge is 2.25. The van der Waals surface area contributed by atoms with E-state index in [-0.39, 0.29) is 11.9 Å². The number of amides is 1. The molecule has 1 aliphatic rings. The Hall–Kier alpha value is -4.20. The smallest absolute Gasteiger partial charge is 0.287 e. The Balaban J connectivity index is 1.24. The molecule has 3 heterocycles. The van der Waals surface area contributed by atoms with Crippen molar-refractivity contribution in [3.8, 4) is 11.4 Å².